The van der Waals surface area contributed by atoms with Gasteiger partial charge in [0.25, 0.3) is 0 Å². The number of carbonyl (C=O) groups is 3. The van der Waals surface area contributed by atoms with Crippen LogP contribution in [0.5, 0.6) is 5.75 Å². The zero-order chi connectivity index (χ0) is 21.8. The molecule has 30 heavy (non-hydrogen) atoms. The monoisotopic (exact) mass is 432 g/mol. The van der Waals surface area contributed by atoms with Gasteiger partial charge in [-0.3, -0.25) is 14.5 Å². The highest BCUT2D eigenvalue weighted by Gasteiger charge is 2.27. The summed E-state index contributed by atoms with van der Waals surface area (Å²) in [6.07, 6.45) is 1.45. The fourth-order valence-corrected chi connectivity index (χ4v) is 4.16. The number of aromatic hydroxyl groups is 1. The normalized spacial score (nSPS) is 16.8. The molecular formula is C20H24N4O5S. The molecule has 0 aliphatic carbocycles. The van der Waals surface area contributed by atoms with E-state index >= 15 is 0 Å². The Morgan fingerprint density at radius 2 is 2.03 bits per heavy atom. The molecule has 1 aliphatic rings. The second-order valence-electron chi connectivity index (χ2n) is 7.31. The number of aryl methyl sites for hydroxylation is 2. The van der Waals surface area contributed by atoms with Crippen LogP contribution in [0.1, 0.15) is 33.8 Å². The first-order chi connectivity index (χ1) is 14.2. The number of nitrogens with zero attached hydrogens (tertiary/aromatic N) is 2. The highest BCUT2D eigenvalue weighted by Crippen LogP contribution is 2.24. The molecule has 1 fully saturated rings. The average Bonchev–Trinajstić information content (AvgIpc) is 3.00. The minimum Gasteiger partial charge on any atom is -0.507 e. The van der Waals surface area contributed by atoms with Crippen molar-refractivity contribution in [2.24, 2.45) is 5.92 Å². The molecular weight excluding hydrogens is 408 g/mol. The van der Waals surface area contributed by atoms with Crippen molar-refractivity contribution in [1.29, 1.82) is 0 Å². The Bertz CT molecular complexity index is 955. The topological polar surface area (TPSA) is 132 Å². The number of piperidine rings is 1. The second-order valence-corrected chi connectivity index (χ2v) is 8.51. The molecule has 3 rings (SSSR count). The number of nitrogens with one attached hydrogen (secondary N) is 2. The lowest BCUT2D eigenvalue weighted by Crippen LogP contribution is -2.44. The van der Waals surface area contributed by atoms with Crippen LogP contribution in [0.4, 0.5) is 10.8 Å². The SMILES string of the molecule is Cc1nc(NC(=O)CN2CCCC(C(=O)Nc3ccc(O)c(C(=O)O)c3)C2)sc1C. The Morgan fingerprint density at radius 1 is 1.27 bits per heavy atom. The number of hydrogen-bond acceptors (Lipinski definition) is 7. The number of benzene rings is 1. The highest BCUT2D eigenvalue weighted by molar-refractivity contribution is 7.15. The van der Waals surface area contributed by atoms with E-state index in [2.05, 4.69) is 15.6 Å². The number of aromatic nitrogens is 1. The van der Waals surface area contributed by atoms with E-state index in [0.717, 1.165) is 23.5 Å². The van der Waals surface area contributed by atoms with Crippen molar-refractivity contribution in [2.45, 2.75) is 26.7 Å². The van der Waals surface area contributed by atoms with Gasteiger partial charge in [-0.2, -0.15) is 0 Å². The molecule has 9 nitrogen and oxygen atoms in total. The number of aromatic carboxylic acids is 1. The Kier molecular flexibility index (Phi) is 6.68. The Balaban J connectivity index is 1.56. The van der Waals surface area contributed by atoms with E-state index in [0.29, 0.717) is 23.8 Å². The van der Waals surface area contributed by atoms with E-state index in [9.17, 15) is 19.5 Å². The van der Waals surface area contributed by atoms with Gasteiger partial charge < -0.3 is 20.8 Å². The molecule has 4 N–H and O–H groups in total. The molecule has 160 valence electrons. The minimum atomic E-state index is -1.27. The lowest BCUT2D eigenvalue weighted by atomic mass is 9.97. The summed E-state index contributed by atoms with van der Waals surface area (Å²) in [4.78, 5) is 43.4. The molecule has 2 aromatic rings. The third-order valence-electron chi connectivity index (χ3n) is 5.01. The third kappa shape index (κ3) is 5.33. The number of carboxylic acids is 1. The summed E-state index contributed by atoms with van der Waals surface area (Å²) in [5.41, 5.74) is 0.923. The van der Waals surface area contributed by atoms with E-state index in [1.54, 1.807) is 0 Å². The number of hydrogen-bond donors (Lipinski definition) is 4. The molecule has 1 atom stereocenters. The summed E-state index contributed by atoms with van der Waals surface area (Å²) < 4.78 is 0. The number of phenols is 1. The van der Waals surface area contributed by atoms with Gasteiger partial charge >= 0.3 is 5.97 Å². The summed E-state index contributed by atoms with van der Waals surface area (Å²) in [5, 5.41) is 24.8. The van der Waals surface area contributed by atoms with Crippen LogP contribution in [0.3, 0.4) is 0 Å². The molecule has 1 aliphatic heterocycles. The van der Waals surface area contributed by atoms with E-state index in [4.69, 9.17) is 5.11 Å². The largest absolute Gasteiger partial charge is 0.507 e. The van der Waals surface area contributed by atoms with Gasteiger partial charge in [0, 0.05) is 17.1 Å². The average molecular weight is 433 g/mol. The summed E-state index contributed by atoms with van der Waals surface area (Å²) in [5.74, 6) is -2.37. The van der Waals surface area contributed by atoms with Crippen molar-refractivity contribution in [2.75, 3.05) is 30.3 Å². The number of amides is 2. The maximum absolute atomic E-state index is 12.6. The first-order valence-corrected chi connectivity index (χ1v) is 10.4. The summed E-state index contributed by atoms with van der Waals surface area (Å²) in [6.45, 7) is 5.16. The molecule has 1 aromatic heterocycles. The number of carboxylic acid groups (broad SMARTS) is 1. The van der Waals surface area contributed by atoms with Gasteiger partial charge in [0.15, 0.2) is 5.13 Å². The minimum absolute atomic E-state index is 0.170. The van der Waals surface area contributed by atoms with Gasteiger partial charge in [-0.25, -0.2) is 9.78 Å². The number of carbonyl (C=O) groups excluding carboxylic acids is 2. The first-order valence-electron chi connectivity index (χ1n) is 9.56. The van der Waals surface area contributed by atoms with Crippen molar-refractivity contribution < 1.29 is 24.6 Å². The van der Waals surface area contributed by atoms with E-state index < -0.39 is 5.97 Å². The first kappa shape index (κ1) is 21.7. The molecule has 0 spiro atoms. The highest BCUT2D eigenvalue weighted by atomic mass is 32.1. The smallest absolute Gasteiger partial charge is 0.339 e. The molecule has 1 aromatic carbocycles. The fourth-order valence-electron chi connectivity index (χ4n) is 3.33. The number of thiazole rings is 1. The van der Waals surface area contributed by atoms with Crippen molar-refractivity contribution in [3.8, 4) is 5.75 Å². The predicted molar refractivity (Wildman–Crippen MR) is 113 cm³/mol. The zero-order valence-electron chi connectivity index (χ0n) is 16.8. The molecule has 0 radical (unpaired) electrons. The van der Waals surface area contributed by atoms with Crippen LogP contribution in [0.2, 0.25) is 0 Å². The third-order valence-corrected chi connectivity index (χ3v) is 6.00. The molecule has 1 saturated heterocycles. The van der Waals surface area contributed by atoms with Gasteiger partial charge in [-0.1, -0.05) is 0 Å². The molecule has 10 heteroatoms. The van der Waals surface area contributed by atoms with Gasteiger partial charge in [0.05, 0.1) is 18.2 Å². The second kappa shape index (κ2) is 9.23. The van der Waals surface area contributed by atoms with Crippen molar-refractivity contribution in [3.63, 3.8) is 0 Å². The van der Waals surface area contributed by atoms with Crippen molar-refractivity contribution >= 4 is 39.9 Å². The van der Waals surface area contributed by atoms with Crippen LogP contribution >= 0.6 is 11.3 Å². The quantitative estimate of drug-likeness (QED) is 0.516. The Labute approximate surface area is 177 Å². The van der Waals surface area contributed by atoms with Crippen LogP contribution in [0, 0.1) is 19.8 Å². The summed E-state index contributed by atoms with van der Waals surface area (Å²) >= 11 is 1.43. The van der Waals surface area contributed by atoms with Gasteiger partial charge in [-0.15, -0.1) is 11.3 Å². The van der Waals surface area contributed by atoms with Gasteiger partial charge in [-0.05, 0) is 51.4 Å². The van der Waals surface area contributed by atoms with E-state index in [-0.39, 0.29) is 35.6 Å². The fraction of sp³-hybridized carbons (Fsp3) is 0.400. The van der Waals surface area contributed by atoms with Crippen molar-refractivity contribution in [1.82, 2.24) is 9.88 Å². The standard InChI is InChI=1S/C20H24N4O5S/c1-11-12(2)30-20(21-11)23-17(26)10-24-7-3-4-13(9-24)18(27)22-14-5-6-16(25)15(8-14)19(28)29/h5-6,8,13,25H,3-4,7,9-10H2,1-2H3,(H,22,27)(H,28,29)(H,21,23,26). The lowest BCUT2D eigenvalue weighted by Gasteiger charge is -2.31. The lowest BCUT2D eigenvalue weighted by molar-refractivity contribution is -0.123. The van der Waals surface area contributed by atoms with Crippen LogP contribution in [0.15, 0.2) is 18.2 Å². The van der Waals surface area contributed by atoms with E-state index in [1.165, 1.54) is 29.5 Å². The number of rotatable bonds is 6. The van der Waals surface area contributed by atoms with Crippen LogP contribution < -0.4 is 10.6 Å². The number of likely N-dealkylation sites (tertiary alicyclic amines) is 1. The molecule has 0 saturated carbocycles. The van der Waals surface area contributed by atoms with Crippen LogP contribution in [-0.4, -0.2) is 57.5 Å². The Morgan fingerprint density at radius 3 is 2.70 bits per heavy atom. The zero-order valence-corrected chi connectivity index (χ0v) is 17.6. The maximum Gasteiger partial charge on any atom is 0.339 e. The molecule has 1 unspecified atom stereocenters. The molecule has 0 bridgehead atoms. The Hall–Kier alpha value is -2.98. The molecule has 2 amide bonds. The maximum atomic E-state index is 12.6. The van der Waals surface area contributed by atoms with Crippen LogP contribution in [-0.2, 0) is 9.59 Å². The van der Waals surface area contributed by atoms with Gasteiger partial charge in [0.1, 0.15) is 11.3 Å². The number of anilines is 2. The van der Waals surface area contributed by atoms with E-state index in [1.807, 2.05) is 18.7 Å². The van der Waals surface area contributed by atoms with Crippen LogP contribution in [0.25, 0.3) is 0 Å². The molecule has 2 heterocycles. The summed E-state index contributed by atoms with van der Waals surface area (Å²) in [6, 6.07) is 3.91. The predicted octanol–water partition coefficient (Wildman–Crippen LogP) is 2.45. The van der Waals surface area contributed by atoms with Crippen molar-refractivity contribution in [3.05, 3.63) is 34.3 Å². The van der Waals surface area contributed by atoms with Gasteiger partial charge in [0.2, 0.25) is 11.8 Å². The summed E-state index contributed by atoms with van der Waals surface area (Å²) in [7, 11) is 0.